The first-order chi connectivity index (χ1) is 7.36. The standard InChI is InChI=1S/C11H12F3NO/c1-2-3-10(16)8-6-7(11(12,13)14)4-5-9(8)15/h2,4-6,10,16H,1,3,15H2. The van der Waals surface area contributed by atoms with E-state index in [1.807, 2.05) is 0 Å². The van der Waals surface area contributed by atoms with Gasteiger partial charge in [0.1, 0.15) is 0 Å². The molecule has 0 aliphatic heterocycles. The van der Waals surface area contributed by atoms with Crippen LogP contribution in [0.4, 0.5) is 18.9 Å². The summed E-state index contributed by atoms with van der Waals surface area (Å²) in [6.45, 7) is 3.40. The molecule has 0 fully saturated rings. The number of rotatable bonds is 3. The van der Waals surface area contributed by atoms with Crippen LogP contribution in [-0.2, 0) is 6.18 Å². The Morgan fingerprint density at radius 3 is 2.56 bits per heavy atom. The lowest BCUT2D eigenvalue weighted by atomic mass is 10.0. The topological polar surface area (TPSA) is 46.2 Å². The van der Waals surface area contributed by atoms with Crippen LogP contribution in [0, 0.1) is 0 Å². The number of aliphatic hydroxyl groups is 1. The van der Waals surface area contributed by atoms with Crippen LogP contribution in [0.1, 0.15) is 23.7 Å². The van der Waals surface area contributed by atoms with E-state index in [0.29, 0.717) is 0 Å². The molecule has 0 bridgehead atoms. The van der Waals surface area contributed by atoms with E-state index < -0.39 is 17.8 Å². The molecule has 0 spiro atoms. The van der Waals surface area contributed by atoms with Gasteiger partial charge in [-0.1, -0.05) is 6.08 Å². The Hall–Kier alpha value is -1.49. The van der Waals surface area contributed by atoms with Crippen LogP contribution in [0.2, 0.25) is 0 Å². The molecule has 1 aromatic carbocycles. The summed E-state index contributed by atoms with van der Waals surface area (Å²) in [6.07, 6.45) is -3.91. The molecule has 1 aromatic rings. The minimum absolute atomic E-state index is 0.0784. The van der Waals surface area contributed by atoms with Gasteiger partial charge in [0.05, 0.1) is 11.7 Å². The van der Waals surface area contributed by atoms with Gasteiger partial charge in [0, 0.05) is 11.3 Å². The molecule has 16 heavy (non-hydrogen) atoms. The molecule has 0 saturated carbocycles. The first kappa shape index (κ1) is 12.6. The number of hydrogen-bond donors (Lipinski definition) is 2. The zero-order valence-electron chi connectivity index (χ0n) is 8.46. The lowest BCUT2D eigenvalue weighted by molar-refractivity contribution is -0.137. The molecule has 2 nitrogen and oxygen atoms in total. The molecule has 0 saturated heterocycles. The summed E-state index contributed by atoms with van der Waals surface area (Å²) in [5.41, 5.74) is 4.90. The van der Waals surface area contributed by atoms with Gasteiger partial charge in [0.25, 0.3) is 0 Å². The van der Waals surface area contributed by atoms with E-state index in [9.17, 15) is 18.3 Å². The van der Waals surface area contributed by atoms with Crippen molar-refractivity contribution in [1.82, 2.24) is 0 Å². The van der Waals surface area contributed by atoms with E-state index in [-0.39, 0.29) is 17.7 Å². The highest BCUT2D eigenvalue weighted by Crippen LogP contribution is 2.33. The molecule has 0 aliphatic carbocycles. The lowest BCUT2D eigenvalue weighted by Gasteiger charge is -2.14. The van der Waals surface area contributed by atoms with E-state index in [4.69, 9.17) is 5.73 Å². The molecule has 0 amide bonds. The van der Waals surface area contributed by atoms with Gasteiger partial charge in [-0.3, -0.25) is 0 Å². The molecule has 0 aromatic heterocycles. The van der Waals surface area contributed by atoms with Gasteiger partial charge in [0.2, 0.25) is 0 Å². The second-order valence-electron chi connectivity index (χ2n) is 3.38. The van der Waals surface area contributed by atoms with Crippen molar-refractivity contribution < 1.29 is 18.3 Å². The van der Waals surface area contributed by atoms with Gasteiger partial charge in [-0.25, -0.2) is 0 Å². The fourth-order valence-electron chi connectivity index (χ4n) is 1.32. The number of hydrogen-bond acceptors (Lipinski definition) is 2. The van der Waals surface area contributed by atoms with Gasteiger partial charge >= 0.3 is 6.18 Å². The predicted octanol–water partition coefficient (Wildman–Crippen LogP) is 2.90. The first-order valence-electron chi connectivity index (χ1n) is 4.62. The molecule has 1 unspecified atom stereocenters. The van der Waals surface area contributed by atoms with E-state index >= 15 is 0 Å². The third kappa shape index (κ3) is 2.76. The molecule has 88 valence electrons. The SMILES string of the molecule is C=CCC(O)c1cc(C(F)(F)F)ccc1N. The quantitative estimate of drug-likeness (QED) is 0.620. The highest BCUT2D eigenvalue weighted by atomic mass is 19.4. The summed E-state index contributed by atoms with van der Waals surface area (Å²) >= 11 is 0. The van der Waals surface area contributed by atoms with E-state index in [1.54, 1.807) is 0 Å². The number of alkyl halides is 3. The number of halogens is 3. The van der Waals surface area contributed by atoms with E-state index in [1.165, 1.54) is 6.08 Å². The summed E-state index contributed by atoms with van der Waals surface area (Å²) in [6, 6.07) is 2.90. The van der Waals surface area contributed by atoms with Crippen LogP contribution in [0.5, 0.6) is 0 Å². The molecular formula is C11H12F3NO. The van der Waals surface area contributed by atoms with Crippen LogP contribution >= 0.6 is 0 Å². The largest absolute Gasteiger partial charge is 0.416 e. The van der Waals surface area contributed by atoms with Crippen LogP contribution in [0.3, 0.4) is 0 Å². The Bertz CT molecular complexity index is 387. The predicted molar refractivity (Wildman–Crippen MR) is 55.6 cm³/mol. The van der Waals surface area contributed by atoms with Crippen molar-refractivity contribution >= 4 is 5.69 Å². The van der Waals surface area contributed by atoms with Gasteiger partial charge in [-0.15, -0.1) is 6.58 Å². The zero-order valence-corrected chi connectivity index (χ0v) is 8.46. The Labute approximate surface area is 91.2 Å². The maximum absolute atomic E-state index is 12.4. The normalized spacial score (nSPS) is 13.5. The molecule has 0 radical (unpaired) electrons. The highest BCUT2D eigenvalue weighted by molar-refractivity contribution is 5.50. The van der Waals surface area contributed by atoms with Gasteiger partial charge in [-0.2, -0.15) is 13.2 Å². The van der Waals surface area contributed by atoms with Crippen molar-refractivity contribution in [3.8, 4) is 0 Å². The molecule has 0 aliphatic rings. The molecule has 1 atom stereocenters. The number of benzene rings is 1. The fraction of sp³-hybridized carbons (Fsp3) is 0.273. The molecular weight excluding hydrogens is 219 g/mol. The van der Waals surface area contributed by atoms with Gasteiger partial charge in [0.15, 0.2) is 0 Å². The number of anilines is 1. The second-order valence-corrected chi connectivity index (χ2v) is 3.38. The lowest BCUT2D eigenvalue weighted by Crippen LogP contribution is -2.08. The summed E-state index contributed by atoms with van der Waals surface area (Å²) < 4.78 is 37.2. The van der Waals surface area contributed by atoms with Crippen LogP contribution in [-0.4, -0.2) is 5.11 Å². The average molecular weight is 231 g/mol. The Kier molecular flexibility index (Phi) is 3.59. The van der Waals surface area contributed by atoms with Crippen molar-refractivity contribution in [1.29, 1.82) is 0 Å². The summed E-state index contributed by atoms with van der Waals surface area (Å²) in [7, 11) is 0. The van der Waals surface area contributed by atoms with Crippen molar-refractivity contribution in [2.24, 2.45) is 0 Å². The monoisotopic (exact) mass is 231 g/mol. The molecule has 0 heterocycles. The molecule has 5 heteroatoms. The smallest absolute Gasteiger partial charge is 0.398 e. The minimum Gasteiger partial charge on any atom is -0.398 e. The third-order valence-electron chi connectivity index (χ3n) is 2.16. The number of aliphatic hydroxyl groups excluding tert-OH is 1. The van der Waals surface area contributed by atoms with E-state index in [2.05, 4.69) is 6.58 Å². The van der Waals surface area contributed by atoms with Crippen molar-refractivity contribution in [2.75, 3.05) is 5.73 Å². The maximum Gasteiger partial charge on any atom is 0.416 e. The van der Waals surface area contributed by atoms with Crippen molar-refractivity contribution in [3.05, 3.63) is 42.0 Å². The maximum atomic E-state index is 12.4. The summed E-state index contributed by atoms with van der Waals surface area (Å²) in [5.74, 6) is 0. The second kappa shape index (κ2) is 4.57. The minimum atomic E-state index is -4.43. The third-order valence-corrected chi connectivity index (χ3v) is 2.16. The number of nitrogens with two attached hydrogens (primary N) is 1. The average Bonchev–Trinajstić information content (AvgIpc) is 2.16. The summed E-state index contributed by atoms with van der Waals surface area (Å²) in [4.78, 5) is 0. The van der Waals surface area contributed by atoms with Crippen LogP contribution in [0.25, 0.3) is 0 Å². The van der Waals surface area contributed by atoms with Crippen molar-refractivity contribution in [3.63, 3.8) is 0 Å². The first-order valence-corrected chi connectivity index (χ1v) is 4.62. The Balaban J connectivity index is 3.13. The summed E-state index contributed by atoms with van der Waals surface area (Å²) in [5, 5.41) is 9.57. The molecule has 1 rings (SSSR count). The zero-order chi connectivity index (χ0) is 12.3. The Morgan fingerprint density at radius 1 is 1.44 bits per heavy atom. The Morgan fingerprint density at radius 2 is 2.06 bits per heavy atom. The van der Waals surface area contributed by atoms with Crippen LogP contribution < -0.4 is 5.73 Å². The van der Waals surface area contributed by atoms with Gasteiger partial charge in [-0.05, 0) is 24.6 Å². The van der Waals surface area contributed by atoms with E-state index in [0.717, 1.165) is 18.2 Å². The number of nitrogen functional groups attached to an aromatic ring is 1. The van der Waals surface area contributed by atoms with Crippen LogP contribution in [0.15, 0.2) is 30.9 Å². The van der Waals surface area contributed by atoms with Gasteiger partial charge < -0.3 is 10.8 Å². The highest BCUT2D eigenvalue weighted by Gasteiger charge is 2.31. The fourth-order valence-corrected chi connectivity index (χ4v) is 1.32. The van der Waals surface area contributed by atoms with Crippen molar-refractivity contribution in [2.45, 2.75) is 18.7 Å². The molecule has 3 N–H and O–H groups in total.